The number of amides is 1. The molecule has 1 N–H and O–H groups in total. The van der Waals surface area contributed by atoms with Gasteiger partial charge in [0.2, 0.25) is 22.7 Å². The maximum atomic E-state index is 13.1. The number of benzene rings is 3. The molecule has 35 heavy (non-hydrogen) atoms. The molecule has 0 fully saturated rings. The number of carbonyl (C=O) groups excluding carboxylic acids is 1. The lowest BCUT2D eigenvalue weighted by atomic mass is 10.1. The van der Waals surface area contributed by atoms with Crippen molar-refractivity contribution in [2.75, 3.05) is 25.2 Å². The molecule has 0 saturated carbocycles. The Balaban J connectivity index is 1.55. The van der Waals surface area contributed by atoms with Crippen LogP contribution in [0.4, 0.5) is 5.69 Å². The summed E-state index contributed by atoms with van der Waals surface area (Å²) >= 11 is 0. The topological polar surface area (TPSA) is 94.2 Å². The lowest BCUT2D eigenvalue weighted by molar-refractivity contribution is -0.116. The van der Waals surface area contributed by atoms with Gasteiger partial charge in [0.05, 0.1) is 10.6 Å². The highest BCUT2D eigenvalue weighted by molar-refractivity contribution is 7.89. The molecule has 1 amide bonds. The van der Waals surface area contributed by atoms with Crippen molar-refractivity contribution in [3.63, 3.8) is 0 Å². The molecule has 8 nitrogen and oxygen atoms in total. The Morgan fingerprint density at radius 2 is 1.71 bits per heavy atom. The first-order valence-electron chi connectivity index (χ1n) is 11.5. The van der Waals surface area contributed by atoms with Crippen molar-refractivity contribution >= 4 is 21.6 Å². The van der Waals surface area contributed by atoms with E-state index in [1.165, 1.54) is 16.4 Å². The highest BCUT2D eigenvalue weighted by Gasteiger charge is 2.23. The predicted octanol–water partition coefficient (Wildman–Crippen LogP) is 4.81. The number of carbonyl (C=O) groups is 1. The van der Waals surface area contributed by atoms with E-state index in [1.807, 2.05) is 36.4 Å². The van der Waals surface area contributed by atoms with Crippen molar-refractivity contribution < 1.29 is 27.4 Å². The summed E-state index contributed by atoms with van der Waals surface area (Å²) in [5.41, 5.74) is 1.22. The number of hydrogen-bond acceptors (Lipinski definition) is 6. The predicted molar refractivity (Wildman–Crippen MR) is 133 cm³/mol. The van der Waals surface area contributed by atoms with Crippen LogP contribution in [0.25, 0.3) is 0 Å². The van der Waals surface area contributed by atoms with Gasteiger partial charge in [-0.3, -0.25) is 4.79 Å². The van der Waals surface area contributed by atoms with Gasteiger partial charge >= 0.3 is 0 Å². The van der Waals surface area contributed by atoms with Gasteiger partial charge in [-0.2, -0.15) is 4.31 Å². The van der Waals surface area contributed by atoms with Crippen LogP contribution in [0.5, 0.6) is 23.0 Å². The number of rotatable bonds is 10. The van der Waals surface area contributed by atoms with Crippen molar-refractivity contribution in [2.24, 2.45) is 0 Å². The van der Waals surface area contributed by atoms with Crippen LogP contribution in [0.1, 0.15) is 25.8 Å². The molecule has 0 atom stereocenters. The smallest absolute Gasteiger partial charge is 0.243 e. The Hall–Kier alpha value is -3.56. The highest BCUT2D eigenvalue weighted by atomic mass is 32.2. The molecule has 9 heteroatoms. The van der Waals surface area contributed by atoms with Crippen LogP contribution in [0.15, 0.2) is 71.6 Å². The van der Waals surface area contributed by atoms with Crippen LogP contribution < -0.4 is 19.5 Å². The zero-order chi connectivity index (χ0) is 24.8. The van der Waals surface area contributed by atoms with Crippen LogP contribution in [0.2, 0.25) is 0 Å². The van der Waals surface area contributed by atoms with E-state index in [9.17, 15) is 13.2 Å². The first kappa shape index (κ1) is 24.6. The Kier molecular flexibility index (Phi) is 7.57. The summed E-state index contributed by atoms with van der Waals surface area (Å²) in [7, 11) is -3.71. The van der Waals surface area contributed by atoms with E-state index in [1.54, 1.807) is 32.0 Å². The molecule has 0 unspecified atom stereocenters. The lowest BCUT2D eigenvalue weighted by Gasteiger charge is -2.20. The molecular weight excluding hydrogens is 468 g/mol. The standard InChI is InChI=1S/C26H28N2O6S/c1-3-28(4-2)35(30,31)21-12-14-23(34-20-8-6-5-7-9-20)22(17-21)27-26(29)15-11-19-10-13-24-25(16-19)33-18-32-24/h5-10,12-14,16-17H,3-4,11,15,18H2,1-2H3,(H,27,29). The Morgan fingerprint density at radius 3 is 2.46 bits per heavy atom. The molecule has 1 aliphatic rings. The number of fused-ring (bicyclic) bond motifs is 1. The van der Waals surface area contributed by atoms with Crippen molar-refractivity contribution in [1.29, 1.82) is 0 Å². The molecule has 0 saturated heterocycles. The summed E-state index contributed by atoms with van der Waals surface area (Å²) in [5.74, 6) is 2.01. The molecule has 0 spiro atoms. The number of sulfonamides is 1. The monoisotopic (exact) mass is 496 g/mol. The molecule has 0 aliphatic carbocycles. The van der Waals surface area contributed by atoms with E-state index in [-0.39, 0.29) is 29.7 Å². The summed E-state index contributed by atoms with van der Waals surface area (Å²) < 4.78 is 44.1. The van der Waals surface area contributed by atoms with E-state index in [2.05, 4.69) is 5.32 Å². The van der Waals surface area contributed by atoms with Crippen LogP contribution >= 0.6 is 0 Å². The summed E-state index contributed by atoms with van der Waals surface area (Å²) in [6, 6.07) is 19.2. The average molecular weight is 497 g/mol. The molecule has 4 rings (SSSR count). The number of hydrogen-bond donors (Lipinski definition) is 1. The van der Waals surface area contributed by atoms with Crippen LogP contribution in [-0.4, -0.2) is 38.5 Å². The number of ether oxygens (including phenoxy) is 3. The molecule has 3 aromatic rings. The second-order valence-corrected chi connectivity index (χ2v) is 9.84. The zero-order valence-corrected chi connectivity index (χ0v) is 20.5. The Morgan fingerprint density at radius 1 is 0.971 bits per heavy atom. The fourth-order valence-electron chi connectivity index (χ4n) is 3.75. The SMILES string of the molecule is CCN(CC)S(=O)(=O)c1ccc(Oc2ccccc2)c(NC(=O)CCc2ccc3c(c2)OCO3)c1. The van der Waals surface area contributed by atoms with Crippen molar-refractivity contribution in [1.82, 2.24) is 4.31 Å². The van der Waals surface area contributed by atoms with Gasteiger partial charge in [-0.1, -0.05) is 38.1 Å². The fourth-order valence-corrected chi connectivity index (χ4v) is 5.24. The van der Waals surface area contributed by atoms with Crippen LogP contribution in [-0.2, 0) is 21.2 Å². The zero-order valence-electron chi connectivity index (χ0n) is 19.7. The highest BCUT2D eigenvalue weighted by Crippen LogP contribution is 2.34. The van der Waals surface area contributed by atoms with E-state index in [0.29, 0.717) is 42.5 Å². The van der Waals surface area contributed by atoms with E-state index in [0.717, 1.165) is 5.56 Å². The maximum absolute atomic E-state index is 13.1. The molecule has 0 aromatic heterocycles. The molecule has 0 radical (unpaired) electrons. The van der Waals surface area contributed by atoms with Gasteiger partial charge in [0.15, 0.2) is 17.2 Å². The number of nitrogens with one attached hydrogen (secondary N) is 1. The molecule has 1 aliphatic heterocycles. The van der Waals surface area contributed by atoms with Gasteiger partial charge < -0.3 is 19.5 Å². The first-order chi connectivity index (χ1) is 16.9. The van der Waals surface area contributed by atoms with Gasteiger partial charge in [-0.25, -0.2) is 8.42 Å². The van der Waals surface area contributed by atoms with E-state index in [4.69, 9.17) is 14.2 Å². The molecule has 0 bridgehead atoms. The van der Waals surface area contributed by atoms with Gasteiger partial charge in [0.25, 0.3) is 0 Å². The normalized spacial score (nSPS) is 12.5. The summed E-state index contributed by atoms with van der Waals surface area (Å²) in [4.78, 5) is 12.9. The molecule has 1 heterocycles. The van der Waals surface area contributed by atoms with Gasteiger partial charge in [0, 0.05) is 19.5 Å². The minimum absolute atomic E-state index is 0.0904. The third-order valence-corrected chi connectivity index (χ3v) is 7.66. The minimum Gasteiger partial charge on any atom is -0.455 e. The second-order valence-electron chi connectivity index (χ2n) is 7.90. The quantitative estimate of drug-likeness (QED) is 0.433. The van der Waals surface area contributed by atoms with Gasteiger partial charge in [-0.05, 0) is 54.4 Å². The molecule has 184 valence electrons. The third kappa shape index (κ3) is 5.75. The molecular formula is C26H28N2O6S. The van der Waals surface area contributed by atoms with Crippen LogP contribution in [0.3, 0.4) is 0 Å². The summed E-state index contributed by atoms with van der Waals surface area (Å²) in [6.45, 7) is 4.45. The lowest BCUT2D eigenvalue weighted by Crippen LogP contribution is -2.30. The number of para-hydroxylation sites is 1. The third-order valence-electron chi connectivity index (χ3n) is 5.62. The number of nitrogens with zero attached hydrogens (tertiary/aromatic N) is 1. The van der Waals surface area contributed by atoms with Crippen molar-refractivity contribution in [3.05, 3.63) is 72.3 Å². The first-order valence-corrected chi connectivity index (χ1v) is 12.9. The number of aryl methyl sites for hydroxylation is 1. The van der Waals surface area contributed by atoms with Gasteiger partial charge in [-0.15, -0.1) is 0 Å². The van der Waals surface area contributed by atoms with E-state index >= 15 is 0 Å². The average Bonchev–Trinajstić information content (AvgIpc) is 3.33. The fraction of sp³-hybridized carbons (Fsp3) is 0.269. The summed E-state index contributed by atoms with van der Waals surface area (Å²) in [5, 5.41) is 2.84. The Bertz CT molecular complexity index is 1290. The minimum atomic E-state index is -3.71. The van der Waals surface area contributed by atoms with Gasteiger partial charge in [0.1, 0.15) is 5.75 Å². The van der Waals surface area contributed by atoms with Crippen LogP contribution in [0, 0.1) is 0 Å². The summed E-state index contributed by atoms with van der Waals surface area (Å²) in [6.07, 6.45) is 0.673. The Labute approximate surface area is 205 Å². The van der Waals surface area contributed by atoms with Crippen molar-refractivity contribution in [2.45, 2.75) is 31.6 Å². The number of anilines is 1. The van der Waals surface area contributed by atoms with Crippen molar-refractivity contribution in [3.8, 4) is 23.0 Å². The largest absolute Gasteiger partial charge is 0.455 e. The molecule has 3 aromatic carbocycles. The maximum Gasteiger partial charge on any atom is 0.243 e. The van der Waals surface area contributed by atoms with E-state index < -0.39 is 10.0 Å². The second kappa shape index (κ2) is 10.8.